The number of anilines is 1. The maximum absolute atomic E-state index is 11.3. The third-order valence-electron chi connectivity index (χ3n) is 2.21. The maximum Gasteiger partial charge on any atom is 0.325 e. The Morgan fingerprint density at radius 2 is 2.06 bits per heavy atom. The molecule has 0 heterocycles. The number of phenols is 1. The number of benzene rings is 1. The zero-order valence-electron chi connectivity index (χ0n) is 9.56. The van der Waals surface area contributed by atoms with Crippen LogP contribution in [0.3, 0.4) is 0 Å². The molecule has 4 nitrogen and oxygen atoms in total. The monoisotopic (exact) mass is 223 g/mol. The number of carbonyl (C=O) groups excluding carboxylic acids is 1. The molecule has 0 fully saturated rings. The number of nitrogens with one attached hydrogen (secondary N) is 1. The molecule has 0 amide bonds. The van der Waals surface area contributed by atoms with Crippen LogP contribution in [0.15, 0.2) is 24.3 Å². The van der Waals surface area contributed by atoms with Crippen LogP contribution in [0.1, 0.15) is 20.3 Å². The van der Waals surface area contributed by atoms with E-state index in [1.54, 1.807) is 24.3 Å². The molecule has 1 aromatic carbocycles. The Kier molecular flexibility index (Phi) is 4.64. The van der Waals surface area contributed by atoms with Gasteiger partial charge in [0.05, 0.1) is 6.10 Å². The number of aromatic hydroxyl groups is 1. The number of phenolic OH excluding ortho intramolecular Hbond substituents is 1. The smallest absolute Gasteiger partial charge is 0.325 e. The highest BCUT2D eigenvalue weighted by molar-refractivity contribution is 5.75. The Bertz CT molecular complexity index is 335. The van der Waals surface area contributed by atoms with Gasteiger partial charge in [0.2, 0.25) is 0 Å². The van der Waals surface area contributed by atoms with Crippen molar-refractivity contribution in [2.75, 3.05) is 11.9 Å². The van der Waals surface area contributed by atoms with Gasteiger partial charge in [-0.05, 0) is 37.6 Å². The molecule has 1 atom stereocenters. The van der Waals surface area contributed by atoms with Gasteiger partial charge in [0.15, 0.2) is 0 Å². The molecule has 2 N–H and O–H groups in total. The maximum atomic E-state index is 11.3. The number of ether oxygens (including phenoxy) is 1. The van der Waals surface area contributed by atoms with E-state index in [0.29, 0.717) is 0 Å². The van der Waals surface area contributed by atoms with Crippen molar-refractivity contribution >= 4 is 11.7 Å². The SMILES string of the molecule is CCC(C)OC(=O)CNc1ccc(O)cc1. The quantitative estimate of drug-likeness (QED) is 0.593. The third kappa shape index (κ3) is 4.21. The topological polar surface area (TPSA) is 58.6 Å². The molecule has 1 aromatic rings. The number of rotatable bonds is 5. The van der Waals surface area contributed by atoms with Crippen molar-refractivity contribution in [1.82, 2.24) is 0 Å². The van der Waals surface area contributed by atoms with Gasteiger partial charge in [-0.1, -0.05) is 6.92 Å². The van der Waals surface area contributed by atoms with E-state index in [2.05, 4.69) is 5.32 Å². The summed E-state index contributed by atoms with van der Waals surface area (Å²) < 4.78 is 5.09. The Morgan fingerprint density at radius 1 is 1.44 bits per heavy atom. The number of hydrogen-bond donors (Lipinski definition) is 2. The summed E-state index contributed by atoms with van der Waals surface area (Å²) in [6, 6.07) is 6.52. The van der Waals surface area contributed by atoms with Crippen LogP contribution in [0.5, 0.6) is 5.75 Å². The van der Waals surface area contributed by atoms with E-state index >= 15 is 0 Å². The van der Waals surface area contributed by atoms with Crippen molar-refractivity contribution in [2.45, 2.75) is 26.4 Å². The molecule has 0 spiro atoms. The van der Waals surface area contributed by atoms with Crippen LogP contribution in [0.25, 0.3) is 0 Å². The van der Waals surface area contributed by atoms with E-state index in [9.17, 15) is 4.79 Å². The van der Waals surface area contributed by atoms with Gasteiger partial charge in [-0.2, -0.15) is 0 Å². The highest BCUT2D eigenvalue weighted by Gasteiger charge is 2.06. The van der Waals surface area contributed by atoms with Crippen molar-refractivity contribution in [3.05, 3.63) is 24.3 Å². The summed E-state index contributed by atoms with van der Waals surface area (Å²) in [4.78, 5) is 11.3. The summed E-state index contributed by atoms with van der Waals surface area (Å²) in [5, 5.41) is 12.0. The van der Waals surface area contributed by atoms with Crippen LogP contribution in [0, 0.1) is 0 Å². The fourth-order valence-corrected chi connectivity index (χ4v) is 1.10. The predicted octanol–water partition coefficient (Wildman–Crippen LogP) is 2.15. The fourth-order valence-electron chi connectivity index (χ4n) is 1.10. The molecule has 0 saturated carbocycles. The second-order valence-corrected chi connectivity index (χ2v) is 3.61. The largest absolute Gasteiger partial charge is 0.508 e. The first kappa shape index (κ1) is 12.4. The van der Waals surface area contributed by atoms with Crippen LogP contribution in [-0.2, 0) is 9.53 Å². The molecular weight excluding hydrogens is 206 g/mol. The molecule has 1 rings (SSSR count). The molecule has 88 valence electrons. The van der Waals surface area contributed by atoms with E-state index in [1.807, 2.05) is 13.8 Å². The van der Waals surface area contributed by atoms with Gasteiger partial charge in [-0.3, -0.25) is 4.79 Å². The first-order chi connectivity index (χ1) is 7.61. The number of hydrogen-bond acceptors (Lipinski definition) is 4. The van der Waals surface area contributed by atoms with Gasteiger partial charge in [0.25, 0.3) is 0 Å². The molecule has 0 aliphatic rings. The number of carbonyl (C=O) groups is 1. The van der Waals surface area contributed by atoms with Crippen LogP contribution in [0.4, 0.5) is 5.69 Å². The summed E-state index contributed by atoms with van der Waals surface area (Å²) in [6.45, 7) is 3.96. The molecule has 1 unspecified atom stereocenters. The van der Waals surface area contributed by atoms with Crippen molar-refractivity contribution in [3.63, 3.8) is 0 Å². The van der Waals surface area contributed by atoms with Crippen LogP contribution < -0.4 is 5.32 Å². The molecule has 0 aliphatic heterocycles. The number of esters is 1. The van der Waals surface area contributed by atoms with Crippen molar-refractivity contribution < 1.29 is 14.6 Å². The molecular formula is C12H17NO3. The van der Waals surface area contributed by atoms with Gasteiger partial charge < -0.3 is 15.2 Å². The third-order valence-corrected chi connectivity index (χ3v) is 2.21. The van der Waals surface area contributed by atoms with Crippen molar-refractivity contribution in [1.29, 1.82) is 0 Å². The van der Waals surface area contributed by atoms with E-state index < -0.39 is 0 Å². The van der Waals surface area contributed by atoms with Crippen molar-refractivity contribution in [3.8, 4) is 5.75 Å². The Morgan fingerprint density at radius 3 is 2.62 bits per heavy atom. The lowest BCUT2D eigenvalue weighted by Gasteiger charge is -2.11. The van der Waals surface area contributed by atoms with Gasteiger partial charge in [-0.15, -0.1) is 0 Å². The zero-order valence-corrected chi connectivity index (χ0v) is 9.56. The minimum absolute atomic E-state index is 0.0471. The lowest BCUT2D eigenvalue weighted by atomic mass is 10.3. The van der Waals surface area contributed by atoms with Crippen LogP contribution in [0.2, 0.25) is 0 Å². The summed E-state index contributed by atoms with van der Waals surface area (Å²) in [6.07, 6.45) is 0.763. The van der Waals surface area contributed by atoms with E-state index in [4.69, 9.17) is 9.84 Å². The zero-order chi connectivity index (χ0) is 12.0. The normalized spacial score (nSPS) is 11.9. The summed E-state index contributed by atoms with van der Waals surface area (Å²) in [5.41, 5.74) is 0.777. The second-order valence-electron chi connectivity index (χ2n) is 3.61. The van der Waals surface area contributed by atoms with Crippen molar-refractivity contribution in [2.24, 2.45) is 0 Å². The van der Waals surface area contributed by atoms with Gasteiger partial charge in [0, 0.05) is 5.69 Å². The predicted molar refractivity (Wildman–Crippen MR) is 62.4 cm³/mol. The highest BCUT2D eigenvalue weighted by atomic mass is 16.5. The summed E-state index contributed by atoms with van der Waals surface area (Å²) >= 11 is 0. The minimum Gasteiger partial charge on any atom is -0.508 e. The second kappa shape index (κ2) is 6.00. The Hall–Kier alpha value is -1.71. The Balaban J connectivity index is 2.34. The van der Waals surface area contributed by atoms with Gasteiger partial charge >= 0.3 is 5.97 Å². The standard InChI is InChI=1S/C12H17NO3/c1-3-9(2)16-12(15)8-13-10-4-6-11(14)7-5-10/h4-7,9,13-14H,3,8H2,1-2H3. The average molecular weight is 223 g/mol. The molecule has 0 aliphatic carbocycles. The first-order valence-corrected chi connectivity index (χ1v) is 5.34. The van der Waals surface area contributed by atoms with Gasteiger partial charge in [0.1, 0.15) is 12.3 Å². The minimum atomic E-state index is -0.276. The molecule has 4 heteroatoms. The lowest BCUT2D eigenvalue weighted by molar-refractivity contribution is -0.146. The van der Waals surface area contributed by atoms with E-state index in [0.717, 1.165) is 12.1 Å². The molecule has 0 saturated heterocycles. The van der Waals surface area contributed by atoms with E-state index in [1.165, 1.54) is 0 Å². The summed E-state index contributed by atoms with van der Waals surface area (Å²) in [7, 11) is 0. The fraction of sp³-hybridized carbons (Fsp3) is 0.417. The average Bonchev–Trinajstić information content (AvgIpc) is 2.28. The highest BCUT2D eigenvalue weighted by Crippen LogP contribution is 2.13. The van der Waals surface area contributed by atoms with Crippen LogP contribution >= 0.6 is 0 Å². The molecule has 0 bridgehead atoms. The molecule has 0 aromatic heterocycles. The lowest BCUT2D eigenvalue weighted by Crippen LogP contribution is -2.21. The first-order valence-electron chi connectivity index (χ1n) is 5.34. The van der Waals surface area contributed by atoms with Gasteiger partial charge in [-0.25, -0.2) is 0 Å². The molecule has 16 heavy (non-hydrogen) atoms. The van der Waals surface area contributed by atoms with E-state index in [-0.39, 0.29) is 24.4 Å². The Labute approximate surface area is 95.2 Å². The summed E-state index contributed by atoms with van der Waals surface area (Å²) in [5.74, 6) is -0.0739. The van der Waals surface area contributed by atoms with Crippen LogP contribution in [-0.4, -0.2) is 23.7 Å². The molecule has 0 radical (unpaired) electrons.